The van der Waals surface area contributed by atoms with Crippen molar-refractivity contribution in [2.24, 2.45) is 5.73 Å². The normalized spacial score (nSPS) is 18.6. The van der Waals surface area contributed by atoms with Gasteiger partial charge in [-0.05, 0) is 12.1 Å². The Morgan fingerprint density at radius 1 is 1.35 bits per heavy atom. The highest BCUT2D eigenvalue weighted by molar-refractivity contribution is 6.00. The summed E-state index contributed by atoms with van der Waals surface area (Å²) in [7, 11) is 1.71. The van der Waals surface area contributed by atoms with E-state index in [1.807, 2.05) is 24.3 Å². The van der Waals surface area contributed by atoms with E-state index in [2.05, 4.69) is 10.2 Å². The number of benzene rings is 1. The fourth-order valence-electron chi connectivity index (χ4n) is 2.03. The van der Waals surface area contributed by atoms with Gasteiger partial charge in [-0.2, -0.15) is 0 Å². The number of carbonyl (C=O) groups excluding carboxylic acids is 1. The van der Waals surface area contributed by atoms with Crippen molar-refractivity contribution < 1.29 is 4.79 Å². The fraction of sp³-hybridized carbons (Fsp3) is 0.182. The van der Waals surface area contributed by atoms with Crippen molar-refractivity contribution in [2.45, 2.75) is 6.17 Å². The van der Waals surface area contributed by atoms with Crippen molar-refractivity contribution in [3.63, 3.8) is 0 Å². The predicted molar refractivity (Wildman–Crippen MR) is 62.1 cm³/mol. The van der Waals surface area contributed by atoms with Crippen LogP contribution >= 0.6 is 0 Å². The summed E-state index contributed by atoms with van der Waals surface area (Å²) in [6, 6.07) is 7.54. The molecule has 6 heteroatoms. The molecule has 1 aliphatic rings. The molecule has 1 unspecified atom stereocenters. The number of nitrogens with zero attached hydrogens (tertiary/aromatic N) is 4. The maximum Gasteiger partial charge on any atom is 0.264 e. The van der Waals surface area contributed by atoms with Crippen molar-refractivity contribution >= 4 is 11.6 Å². The lowest BCUT2D eigenvalue weighted by Gasteiger charge is -2.19. The smallest absolute Gasteiger partial charge is 0.264 e. The molecule has 1 aromatic carbocycles. The van der Waals surface area contributed by atoms with E-state index in [-0.39, 0.29) is 5.91 Å². The number of rotatable bonds is 0. The number of fused-ring (bicyclic) bond motifs is 3. The van der Waals surface area contributed by atoms with Crippen molar-refractivity contribution in [3.05, 3.63) is 30.6 Å². The molecule has 2 heterocycles. The number of nitrogens with two attached hydrogens (primary N) is 1. The molecule has 2 aromatic rings. The Morgan fingerprint density at radius 2 is 2.12 bits per heavy atom. The van der Waals surface area contributed by atoms with Crippen LogP contribution in [-0.2, 0) is 4.79 Å². The van der Waals surface area contributed by atoms with Gasteiger partial charge in [-0.15, -0.1) is 10.2 Å². The monoisotopic (exact) mass is 229 g/mol. The minimum Gasteiger partial charge on any atom is -0.312 e. The summed E-state index contributed by atoms with van der Waals surface area (Å²) in [6.07, 6.45) is 0.700. The molecule has 1 amide bonds. The number of likely N-dealkylation sites (N-methyl/N-ethyl adjacent to an activating group) is 1. The second-order valence-electron chi connectivity index (χ2n) is 3.92. The molecular weight excluding hydrogens is 218 g/mol. The first-order valence-corrected chi connectivity index (χ1v) is 5.22. The molecule has 1 aromatic heterocycles. The molecule has 0 radical (unpaired) electrons. The molecule has 2 N–H and O–H groups in total. The second-order valence-corrected chi connectivity index (χ2v) is 3.92. The van der Waals surface area contributed by atoms with Crippen LogP contribution in [0.1, 0.15) is 6.17 Å². The van der Waals surface area contributed by atoms with Gasteiger partial charge in [-0.1, -0.05) is 12.1 Å². The first kappa shape index (κ1) is 9.98. The maximum absolute atomic E-state index is 12.1. The van der Waals surface area contributed by atoms with Gasteiger partial charge >= 0.3 is 0 Å². The van der Waals surface area contributed by atoms with E-state index in [4.69, 9.17) is 5.73 Å². The summed E-state index contributed by atoms with van der Waals surface area (Å²) in [6.45, 7) is 0. The van der Waals surface area contributed by atoms with Gasteiger partial charge in [-0.25, -0.2) is 0 Å². The van der Waals surface area contributed by atoms with Crippen molar-refractivity contribution in [2.75, 3.05) is 11.9 Å². The molecule has 0 saturated heterocycles. The number of amides is 1. The predicted octanol–water partition coefficient (Wildman–Crippen LogP) is 0.379. The lowest BCUT2D eigenvalue weighted by molar-refractivity contribution is -0.121. The Morgan fingerprint density at radius 3 is 2.94 bits per heavy atom. The summed E-state index contributed by atoms with van der Waals surface area (Å²) in [5, 5.41) is 7.85. The highest BCUT2D eigenvalue weighted by Crippen LogP contribution is 2.33. The largest absolute Gasteiger partial charge is 0.312 e. The molecule has 0 bridgehead atoms. The molecule has 0 saturated carbocycles. The molecule has 1 atom stereocenters. The zero-order valence-electron chi connectivity index (χ0n) is 9.24. The van der Waals surface area contributed by atoms with Crippen LogP contribution in [-0.4, -0.2) is 27.7 Å². The molecule has 1 aliphatic heterocycles. The highest BCUT2D eigenvalue weighted by Gasteiger charge is 2.29. The van der Waals surface area contributed by atoms with Crippen molar-refractivity contribution in [3.8, 4) is 11.4 Å². The Balaban J connectivity index is 2.34. The Hall–Kier alpha value is -2.21. The van der Waals surface area contributed by atoms with Crippen LogP contribution in [0, 0.1) is 0 Å². The van der Waals surface area contributed by atoms with Gasteiger partial charge in [0.15, 0.2) is 12.0 Å². The third kappa shape index (κ3) is 1.27. The van der Waals surface area contributed by atoms with E-state index in [1.54, 1.807) is 16.5 Å². The number of aromatic nitrogens is 3. The van der Waals surface area contributed by atoms with E-state index in [0.29, 0.717) is 5.82 Å². The van der Waals surface area contributed by atoms with Gasteiger partial charge in [0.2, 0.25) is 0 Å². The Bertz CT molecular complexity index is 591. The quantitative estimate of drug-likeness (QED) is 0.708. The topological polar surface area (TPSA) is 77.0 Å². The molecule has 6 nitrogen and oxygen atoms in total. The van der Waals surface area contributed by atoms with Gasteiger partial charge < -0.3 is 10.6 Å². The van der Waals surface area contributed by atoms with Crippen LogP contribution < -0.4 is 10.6 Å². The number of carbonyl (C=O) groups is 1. The first-order valence-electron chi connectivity index (χ1n) is 5.22. The second kappa shape index (κ2) is 3.39. The van der Waals surface area contributed by atoms with E-state index >= 15 is 0 Å². The average molecular weight is 229 g/mol. The van der Waals surface area contributed by atoms with Crippen LogP contribution in [0.5, 0.6) is 0 Å². The average Bonchev–Trinajstić information content (AvgIpc) is 2.82. The Labute approximate surface area is 97.7 Å². The van der Waals surface area contributed by atoms with E-state index in [0.717, 1.165) is 11.3 Å². The summed E-state index contributed by atoms with van der Waals surface area (Å²) >= 11 is 0. The highest BCUT2D eigenvalue weighted by atomic mass is 16.2. The summed E-state index contributed by atoms with van der Waals surface area (Å²) < 4.78 is 1.59. The summed E-state index contributed by atoms with van der Waals surface area (Å²) in [5.41, 5.74) is 7.54. The molecule has 17 heavy (non-hydrogen) atoms. The summed E-state index contributed by atoms with van der Waals surface area (Å²) in [5.74, 6) is 0.432. The van der Waals surface area contributed by atoms with Crippen LogP contribution in [0.15, 0.2) is 30.6 Å². The zero-order valence-corrected chi connectivity index (χ0v) is 9.24. The molecule has 0 fully saturated rings. The number of hydrogen-bond donors (Lipinski definition) is 1. The lowest BCUT2D eigenvalue weighted by Crippen LogP contribution is -2.37. The SMILES string of the molecule is CN1C(=O)C(N)n2cnnc2-c2ccccc21. The Kier molecular flexibility index (Phi) is 1.99. The van der Waals surface area contributed by atoms with E-state index in [1.165, 1.54) is 6.33 Å². The van der Waals surface area contributed by atoms with Gasteiger partial charge in [0, 0.05) is 12.6 Å². The standard InChI is InChI=1S/C11H11N5O/c1-15-8-5-3-2-4-7(8)10-14-13-6-16(10)9(12)11(15)17/h2-6,9H,12H2,1H3. The zero-order chi connectivity index (χ0) is 12.0. The van der Waals surface area contributed by atoms with Crippen molar-refractivity contribution in [1.82, 2.24) is 14.8 Å². The summed E-state index contributed by atoms with van der Waals surface area (Å²) in [4.78, 5) is 13.6. The molecule has 3 rings (SSSR count). The van der Waals surface area contributed by atoms with Crippen LogP contribution in [0.3, 0.4) is 0 Å². The molecule has 0 spiro atoms. The molecule has 86 valence electrons. The minimum atomic E-state index is -0.780. The van der Waals surface area contributed by atoms with Gasteiger partial charge in [0.25, 0.3) is 5.91 Å². The van der Waals surface area contributed by atoms with Crippen LogP contribution in [0.4, 0.5) is 5.69 Å². The fourth-order valence-corrected chi connectivity index (χ4v) is 2.03. The number of anilines is 1. The first-order chi connectivity index (χ1) is 8.20. The maximum atomic E-state index is 12.1. The van der Waals surface area contributed by atoms with Gasteiger partial charge in [0.05, 0.1) is 5.69 Å². The molecule has 0 aliphatic carbocycles. The van der Waals surface area contributed by atoms with Gasteiger partial charge in [0.1, 0.15) is 6.33 Å². The van der Waals surface area contributed by atoms with Crippen LogP contribution in [0.25, 0.3) is 11.4 Å². The third-order valence-corrected chi connectivity index (χ3v) is 2.96. The molecular formula is C11H11N5O. The van der Waals surface area contributed by atoms with E-state index < -0.39 is 6.17 Å². The van der Waals surface area contributed by atoms with Crippen LogP contribution in [0.2, 0.25) is 0 Å². The lowest BCUT2D eigenvalue weighted by atomic mass is 10.1. The van der Waals surface area contributed by atoms with E-state index in [9.17, 15) is 4.79 Å². The van der Waals surface area contributed by atoms with Crippen molar-refractivity contribution in [1.29, 1.82) is 0 Å². The minimum absolute atomic E-state index is 0.184. The van der Waals surface area contributed by atoms with Gasteiger partial charge in [-0.3, -0.25) is 9.36 Å². The number of para-hydroxylation sites is 1. The number of hydrogen-bond acceptors (Lipinski definition) is 4. The third-order valence-electron chi connectivity index (χ3n) is 2.96.